The van der Waals surface area contributed by atoms with Crippen molar-refractivity contribution in [2.75, 3.05) is 14.1 Å². The van der Waals surface area contributed by atoms with Gasteiger partial charge in [-0.15, -0.1) is 0 Å². The van der Waals surface area contributed by atoms with Crippen molar-refractivity contribution in [2.24, 2.45) is 0 Å². The molecule has 0 radical (unpaired) electrons. The molecular weight excluding hydrogens is 202 g/mol. The summed E-state index contributed by atoms with van der Waals surface area (Å²) in [4.78, 5) is 35.3. The molecule has 1 saturated heterocycles. The van der Waals surface area contributed by atoms with Crippen LogP contribution in [-0.2, 0) is 9.59 Å². The molecule has 0 bridgehead atoms. The number of amides is 4. The second-order valence-electron chi connectivity index (χ2n) is 3.25. The smallest absolute Gasteiger partial charge is 0.351 e. The van der Waals surface area contributed by atoms with Gasteiger partial charge < -0.3 is 5.32 Å². The van der Waals surface area contributed by atoms with E-state index in [1.165, 1.54) is 14.1 Å². The highest BCUT2D eigenvalue weighted by Gasteiger charge is 2.60. The van der Waals surface area contributed by atoms with Gasteiger partial charge in [-0.3, -0.25) is 19.7 Å². The summed E-state index contributed by atoms with van der Waals surface area (Å²) >= 11 is 0. The summed E-state index contributed by atoms with van der Waals surface area (Å²) in [6, 6.07) is -0.898. The fourth-order valence-electron chi connectivity index (χ4n) is 1.62. The lowest BCUT2D eigenvalue weighted by atomic mass is 9.95. The number of likely N-dealkylation sites (N-methyl/N-ethyl adjacent to an activating group) is 2. The second-order valence-corrected chi connectivity index (χ2v) is 3.25. The minimum absolute atomic E-state index is 0.0120. The quantitative estimate of drug-likeness (QED) is 0.357. The van der Waals surface area contributed by atoms with Crippen molar-refractivity contribution < 1.29 is 19.6 Å². The van der Waals surface area contributed by atoms with Crippen molar-refractivity contribution in [3.8, 4) is 0 Å². The van der Waals surface area contributed by atoms with E-state index in [9.17, 15) is 19.6 Å². The van der Waals surface area contributed by atoms with Gasteiger partial charge in [-0.2, -0.15) is 5.06 Å². The van der Waals surface area contributed by atoms with Crippen molar-refractivity contribution in [3.63, 3.8) is 0 Å². The Balaban J connectivity index is 3.25. The van der Waals surface area contributed by atoms with E-state index in [1.807, 2.05) is 0 Å². The number of carbonyl (C=O) groups excluding carboxylic acids is 3. The van der Waals surface area contributed by atoms with Crippen LogP contribution in [0.15, 0.2) is 0 Å². The third kappa shape index (κ3) is 1.19. The molecule has 0 spiro atoms. The van der Waals surface area contributed by atoms with Gasteiger partial charge in [0.05, 0.1) is 0 Å². The van der Waals surface area contributed by atoms with E-state index >= 15 is 0 Å². The molecule has 0 aliphatic carbocycles. The van der Waals surface area contributed by atoms with E-state index in [0.29, 0.717) is 0 Å². The molecule has 1 heterocycles. The van der Waals surface area contributed by atoms with Crippen LogP contribution in [0.4, 0.5) is 4.79 Å². The molecule has 2 N–H and O–H groups in total. The topological polar surface area (TPSA) is 90.0 Å². The lowest BCUT2D eigenvalue weighted by Gasteiger charge is -2.26. The molecule has 0 saturated carbocycles. The van der Waals surface area contributed by atoms with E-state index in [4.69, 9.17) is 0 Å². The Morgan fingerprint density at radius 1 is 1.53 bits per heavy atom. The van der Waals surface area contributed by atoms with E-state index in [2.05, 4.69) is 5.32 Å². The molecule has 0 aromatic carbocycles. The number of nitrogens with zero attached hydrogens (tertiary/aromatic N) is 2. The number of rotatable bonds is 2. The highest BCUT2D eigenvalue weighted by Crippen LogP contribution is 2.28. The summed E-state index contributed by atoms with van der Waals surface area (Å²) in [6.45, 7) is 1.54. The number of hydrogen-bond acceptors (Lipinski definition) is 4. The van der Waals surface area contributed by atoms with Crippen molar-refractivity contribution in [2.45, 2.75) is 18.9 Å². The third-order valence-electron chi connectivity index (χ3n) is 2.60. The average molecular weight is 215 g/mol. The first-order valence-electron chi connectivity index (χ1n) is 4.46. The third-order valence-corrected chi connectivity index (χ3v) is 2.60. The maximum atomic E-state index is 11.7. The van der Waals surface area contributed by atoms with E-state index < -0.39 is 23.4 Å². The molecule has 0 aromatic rings. The monoisotopic (exact) mass is 215 g/mol. The van der Waals surface area contributed by atoms with Crippen LogP contribution in [0.1, 0.15) is 13.3 Å². The highest BCUT2D eigenvalue weighted by atomic mass is 16.5. The van der Waals surface area contributed by atoms with Crippen LogP contribution in [0.5, 0.6) is 0 Å². The Hall–Kier alpha value is -1.63. The van der Waals surface area contributed by atoms with Gasteiger partial charge >= 0.3 is 6.03 Å². The van der Waals surface area contributed by atoms with Gasteiger partial charge in [0.15, 0.2) is 0 Å². The van der Waals surface area contributed by atoms with Gasteiger partial charge in [0.25, 0.3) is 11.8 Å². The van der Waals surface area contributed by atoms with Gasteiger partial charge in [-0.05, 0) is 6.42 Å². The summed E-state index contributed by atoms with van der Waals surface area (Å²) in [5, 5.41) is 12.0. The van der Waals surface area contributed by atoms with Crippen molar-refractivity contribution in [1.29, 1.82) is 0 Å². The van der Waals surface area contributed by atoms with Crippen LogP contribution in [0.2, 0.25) is 0 Å². The maximum absolute atomic E-state index is 11.7. The van der Waals surface area contributed by atoms with Gasteiger partial charge in [0, 0.05) is 14.1 Å². The summed E-state index contributed by atoms with van der Waals surface area (Å²) in [7, 11) is 2.55. The zero-order valence-corrected chi connectivity index (χ0v) is 8.77. The van der Waals surface area contributed by atoms with E-state index in [1.54, 1.807) is 6.92 Å². The Morgan fingerprint density at radius 3 is 2.33 bits per heavy atom. The summed E-state index contributed by atoms with van der Waals surface area (Å²) < 4.78 is 0. The number of hydrogen-bond donors (Lipinski definition) is 2. The number of urea groups is 1. The molecule has 7 heteroatoms. The lowest BCUT2D eigenvalue weighted by Crippen LogP contribution is -2.58. The summed E-state index contributed by atoms with van der Waals surface area (Å²) in [5.41, 5.74) is -1.82. The van der Waals surface area contributed by atoms with Gasteiger partial charge in [0.1, 0.15) is 0 Å². The first kappa shape index (κ1) is 11.4. The van der Waals surface area contributed by atoms with Crippen molar-refractivity contribution in [3.05, 3.63) is 0 Å². The number of hydroxylamine groups is 2. The second kappa shape index (κ2) is 3.50. The predicted octanol–water partition coefficient (Wildman–Crippen LogP) is -0.836. The van der Waals surface area contributed by atoms with Crippen LogP contribution in [0.3, 0.4) is 0 Å². The first-order chi connectivity index (χ1) is 6.93. The van der Waals surface area contributed by atoms with Crippen LogP contribution < -0.4 is 5.32 Å². The molecule has 0 aromatic heterocycles. The minimum atomic E-state index is -1.82. The SMILES string of the molecule is CCC1(C(=O)NC)C(=O)N(C)C(=O)N1O. The van der Waals surface area contributed by atoms with E-state index in [0.717, 1.165) is 4.90 Å². The largest absolute Gasteiger partial charge is 0.357 e. The Kier molecular flexibility index (Phi) is 2.67. The average Bonchev–Trinajstić information content (AvgIpc) is 2.41. The molecular formula is C8H13N3O4. The number of carbonyl (C=O) groups is 3. The Morgan fingerprint density at radius 2 is 2.07 bits per heavy atom. The molecule has 1 atom stereocenters. The van der Waals surface area contributed by atoms with Crippen LogP contribution in [0.25, 0.3) is 0 Å². The predicted molar refractivity (Wildman–Crippen MR) is 48.9 cm³/mol. The molecule has 1 rings (SSSR count). The van der Waals surface area contributed by atoms with Crippen LogP contribution in [-0.4, -0.2) is 52.7 Å². The van der Waals surface area contributed by atoms with Crippen molar-refractivity contribution in [1.82, 2.24) is 15.3 Å². The van der Waals surface area contributed by atoms with Crippen LogP contribution >= 0.6 is 0 Å². The van der Waals surface area contributed by atoms with Crippen LogP contribution in [0, 0.1) is 0 Å². The molecule has 4 amide bonds. The fourth-order valence-corrected chi connectivity index (χ4v) is 1.62. The fraction of sp³-hybridized carbons (Fsp3) is 0.625. The lowest BCUT2D eigenvalue weighted by molar-refractivity contribution is -0.162. The molecule has 1 aliphatic rings. The molecule has 1 aliphatic heterocycles. The molecule has 1 unspecified atom stereocenters. The standard InChI is InChI=1S/C8H13N3O4/c1-4-8(5(12)9-2)6(13)10(3)7(14)11(8)15/h15H,4H2,1-3H3,(H,9,12). The van der Waals surface area contributed by atoms with E-state index in [-0.39, 0.29) is 11.5 Å². The minimum Gasteiger partial charge on any atom is -0.357 e. The highest BCUT2D eigenvalue weighted by molar-refractivity contribution is 6.19. The Labute approximate surface area is 86.6 Å². The van der Waals surface area contributed by atoms with Gasteiger partial charge in [-0.1, -0.05) is 6.92 Å². The first-order valence-corrected chi connectivity index (χ1v) is 4.46. The zero-order valence-electron chi connectivity index (χ0n) is 8.77. The number of nitrogens with one attached hydrogen (secondary N) is 1. The van der Waals surface area contributed by atoms with Gasteiger partial charge in [-0.25, -0.2) is 4.79 Å². The Bertz CT molecular complexity index is 330. The molecule has 84 valence electrons. The van der Waals surface area contributed by atoms with Crippen molar-refractivity contribution >= 4 is 17.8 Å². The van der Waals surface area contributed by atoms with Gasteiger partial charge in [0.2, 0.25) is 5.54 Å². The maximum Gasteiger partial charge on any atom is 0.351 e. The number of imide groups is 1. The normalized spacial score (nSPS) is 26.1. The summed E-state index contributed by atoms with van der Waals surface area (Å²) in [6.07, 6.45) is 0.0120. The molecule has 1 fully saturated rings. The molecule has 15 heavy (non-hydrogen) atoms. The molecule has 7 nitrogen and oxygen atoms in total. The summed E-state index contributed by atoms with van der Waals surface area (Å²) in [5.74, 6) is -1.42. The zero-order chi connectivity index (χ0) is 11.8.